The summed E-state index contributed by atoms with van der Waals surface area (Å²) in [7, 11) is 0. The highest BCUT2D eigenvalue weighted by molar-refractivity contribution is 5.90. The number of amides is 2. The first-order valence-corrected chi connectivity index (χ1v) is 11.7. The van der Waals surface area contributed by atoms with E-state index in [0.717, 1.165) is 27.8 Å². The van der Waals surface area contributed by atoms with Crippen LogP contribution >= 0.6 is 0 Å². The van der Waals surface area contributed by atoms with Gasteiger partial charge in [-0.15, -0.1) is 0 Å². The van der Waals surface area contributed by atoms with Gasteiger partial charge in [-0.05, 0) is 46.7 Å². The van der Waals surface area contributed by atoms with Gasteiger partial charge >= 0.3 is 12.1 Å². The summed E-state index contributed by atoms with van der Waals surface area (Å²) in [5.41, 5.74) is 5.98. The number of rotatable bonds is 5. The molecule has 3 aromatic rings. The van der Waals surface area contributed by atoms with Crippen LogP contribution in [0.4, 0.5) is 4.79 Å². The zero-order valence-electron chi connectivity index (χ0n) is 19.3. The van der Waals surface area contributed by atoms with E-state index in [2.05, 4.69) is 17.4 Å². The highest BCUT2D eigenvalue weighted by atomic mass is 16.5. The van der Waals surface area contributed by atoms with Gasteiger partial charge in [-0.2, -0.15) is 0 Å². The van der Waals surface area contributed by atoms with Gasteiger partial charge in [-0.1, -0.05) is 72.8 Å². The first-order chi connectivity index (χ1) is 17.0. The van der Waals surface area contributed by atoms with Crippen molar-refractivity contribution in [3.63, 3.8) is 0 Å². The van der Waals surface area contributed by atoms with Crippen LogP contribution in [0.1, 0.15) is 41.1 Å². The summed E-state index contributed by atoms with van der Waals surface area (Å²) < 4.78 is 5.54. The van der Waals surface area contributed by atoms with Gasteiger partial charge in [0.05, 0.1) is 0 Å². The van der Waals surface area contributed by atoms with Gasteiger partial charge in [-0.25, -0.2) is 9.59 Å². The smallest absolute Gasteiger partial charge is 0.407 e. The van der Waals surface area contributed by atoms with Crippen LogP contribution in [0.15, 0.2) is 72.8 Å². The molecular weight excluding hydrogens is 444 g/mol. The van der Waals surface area contributed by atoms with Crippen molar-refractivity contribution in [1.82, 2.24) is 10.2 Å². The number of hydrogen-bond donors (Lipinski definition) is 2. The molecule has 1 aliphatic heterocycles. The molecule has 0 fully saturated rings. The van der Waals surface area contributed by atoms with Gasteiger partial charge in [0, 0.05) is 12.5 Å². The van der Waals surface area contributed by atoms with E-state index in [9.17, 15) is 19.5 Å². The van der Waals surface area contributed by atoms with E-state index in [1.807, 2.05) is 48.5 Å². The molecule has 2 amide bonds. The van der Waals surface area contributed by atoms with Crippen LogP contribution in [0.3, 0.4) is 0 Å². The lowest BCUT2D eigenvalue weighted by Crippen LogP contribution is -2.51. The first-order valence-electron chi connectivity index (χ1n) is 11.7. The molecule has 178 valence electrons. The van der Waals surface area contributed by atoms with Crippen molar-refractivity contribution in [3.8, 4) is 11.1 Å². The predicted molar refractivity (Wildman–Crippen MR) is 130 cm³/mol. The van der Waals surface area contributed by atoms with E-state index >= 15 is 0 Å². The quantitative estimate of drug-likeness (QED) is 0.585. The number of ether oxygens (including phenoxy) is 1. The largest absolute Gasteiger partial charge is 0.479 e. The number of carboxylic acid groups (broad SMARTS) is 1. The number of benzene rings is 3. The zero-order chi connectivity index (χ0) is 24.5. The first kappa shape index (κ1) is 22.7. The highest BCUT2D eigenvalue weighted by Gasteiger charge is 2.38. The van der Waals surface area contributed by atoms with Crippen LogP contribution in [-0.4, -0.2) is 47.2 Å². The topological polar surface area (TPSA) is 95.9 Å². The molecule has 3 aromatic carbocycles. The second-order valence-corrected chi connectivity index (χ2v) is 8.91. The molecule has 0 bridgehead atoms. The Hall–Kier alpha value is -4.13. The van der Waals surface area contributed by atoms with E-state index < -0.39 is 30.1 Å². The zero-order valence-corrected chi connectivity index (χ0v) is 19.3. The number of fused-ring (bicyclic) bond motifs is 4. The van der Waals surface area contributed by atoms with E-state index in [0.29, 0.717) is 12.0 Å². The minimum Gasteiger partial charge on any atom is -0.479 e. The molecule has 2 atom stereocenters. The monoisotopic (exact) mass is 470 g/mol. The van der Waals surface area contributed by atoms with Crippen molar-refractivity contribution < 1.29 is 24.2 Å². The molecule has 1 aliphatic carbocycles. The summed E-state index contributed by atoms with van der Waals surface area (Å²) in [6.45, 7) is 1.95. The lowest BCUT2D eigenvalue weighted by Gasteiger charge is -2.36. The number of carbonyl (C=O) groups excluding carboxylic acids is 2. The van der Waals surface area contributed by atoms with Gasteiger partial charge in [0.25, 0.3) is 0 Å². The number of carbonyl (C=O) groups is 3. The second kappa shape index (κ2) is 9.25. The average Bonchev–Trinajstić information content (AvgIpc) is 3.19. The number of aliphatic carboxylic acids is 1. The molecule has 5 rings (SSSR count). The lowest BCUT2D eigenvalue weighted by molar-refractivity contribution is -0.151. The Bertz CT molecular complexity index is 1260. The van der Waals surface area contributed by atoms with Gasteiger partial charge in [0.15, 0.2) is 6.04 Å². The van der Waals surface area contributed by atoms with Crippen LogP contribution < -0.4 is 5.32 Å². The lowest BCUT2D eigenvalue weighted by atomic mass is 9.92. The summed E-state index contributed by atoms with van der Waals surface area (Å²) >= 11 is 0. The van der Waals surface area contributed by atoms with E-state index in [4.69, 9.17) is 4.74 Å². The number of alkyl carbamates (subject to hydrolysis) is 1. The third-order valence-corrected chi connectivity index (χ3v) is 6.85. The maximum atomic E-state index is 13.1. The van der Waals surface area contributed by atoms with Crippen molar-refractivity contribution >= 4 is 18.0 Å². The van der Waals surface area contributed by atoms with Crippen molar-refractivity contribution in [2.75, 3.05) is 13.2 Å². The summed E-state index contributed by atoms with van der Waals surface area (Å²) in [4.78, 5) is 39.1. The Morgan fingerprint density at radius 1 is 0.943 bits per heavy atom. The van der Waals surface area contributed by atoms with Crippen LogP contribution in [0, 0.1) is 0 Å². The third kappa shape index (κ3) is 4.14. The molecule has 0 spiro atoms. The van der Waals surface area contributed by atoms with Crippen molar-refractivity contribution in [1.29, 1.82) is 0 Å². The molecule has 0 radical (unpaired) electrons. The fourth-order valence-corrected chi connectivity index (χ4v) is 5.20. The molecule has 2 aliphatic rings. The number of carboxylic acids is 1. The molecule has 7 heteroatoms. The Morgan fingerprint density at radius 3 is 2.14 bits per heavy atom. The fourth-order valence-electron chi connectivity index (χ4n) is 5.20. The minimum atomic E-state index is -1.10. The summed E-state index contributed by atoms with van der Waals surface area (Å²) in [6.07, 6.45) is -0.152. The van der Waals surface area contributed by atoms with Crippen molar-refractivity contribution in [3.05, 3.63) is 95.1 Å². The molecule has 2 N–H and O–H groups in total. The predicted octanol–water partition coefficient (Wildman–Crippen LogP) is 4.12. The molecule has 1 heterocycles. The maximum absolute atomic E-state index is 13.1. The Labute approximate surface area is 203 Å². The van der Waals surface area contributed by atoms with E-state index in [1.165, 1.54) is 4.90 Å². The normalized spacial score (nSPS) is 17.1. The fraction of sp³-hybridized carbons (Fsp3) is 0.250. The highest BCUT2D eigenvalue weighted by Crippen LogP contribution is 2.44. The molecule has 35 heavy (non-hydrogen) atoms. The van der Waals surface area contributed by atoms with Crippen molar-refractivity contribution in [2.24, 2.45) is 0 Å². The molecule has 0 saturated heterocycles. The Morgan fingerprint density at radius 2 is 1.51 bits per heavy atom. The number of hydrogen-bond acceptors (Lipinski definition) is 4. The minimum absolute atomic E-state index is 0.0888. The summed E-state index contributed by atoms with van der Waals surface area (Å²) in [6, 6.07) is 21.3. The molecule has 0 aromatic heterocycles. The van der Waals surface area contributed by atoms with Crippen LogP contribution in [0.5, 0.6) is 0 Å². The van der Waals surface area contributed by atoms with E-state index in [-0.39, 0.29) is 19.1 Å². The SMILES string of the molecule is C[C@@H](NC(=O)OCC1c2ccccc2-c2ccccc21)C(=O)N1CCc2ccccc2C1C(=O)O. The average molecular weight is 471 g/mol. The van der Waals surface area contributed by atoms with Crippen molar-refractivity contribution in [2.45, 2.75) is 31.3 Å². The molecular formula is C28H26N2O5. The van der Waals surface area contributed by atoms with Crippen LogP contribution in [0.2, 0.25) is 0 Å². The van der Waals surface area contributed by atoms with Gasteiger partial charge in [0.1, 0.15) is 12.6 Å². The van der Waals surface area contributed by atoms with Gasteiger partial charge in [-0.3, -0.25) is 4.79 Å². The van der Waals surface area contributed by atoms with Gasteiger partial charge in [0.2, 0.25) is 5.91 Å². The maximum Gasteiger partial charge on any atom is 0.407 e. The third-order valence-electron chi connectivity index (χ3n) is 6.85. The number of nitrogens with one attached hydrogen (secondary N) is 1. The summed E-state index contributed by atoms with van der Waals surface area (Å²) in [5.74, 6) is -1.65. The number of nitrogens with zero attached hydrogens (tertiary/aromatic N) is 1. The second-order valence-electron chi connectivity index (χ2n) is 8.91. The van der Waals surface area contributed by atoms with Crippen LogP contribution in [-0.2, 0) is 20.7 Å². The molecule has 7 nitrogen and oxygen atoms in total. The van der Waals surface area contributed by atoms with E-state index in [1.54, 1.807) is 19.1 Å². The molecule has 0 saturated carbocycles. The Balaban J connectivity index is 1.25. The van der Waals surface area contributed by atoms with Gasteiger partial charge < -0.3 is 20.1 Å². The Kier molecular flexibility index (Phi) is 5.99. The summed E-state index contributed by atoms with van der Waals surface area (Å²) in [5, 5.41) is 12.4. The standard InChI is InChI=1S/C28H26N2O5/c1-17(26(31)30-15-14-18-8-2-3-9-19(18)25(30)27(32)33)29-28(34)35-16-24-22-12-6-4-10-20(22)21-11-5-7-13-23(21)24/h2-13,17,24-25H,14-16H2,1H3,(H,29,34)(H,32,33)/t17-,25?/m1/s1. The van der Waals surface area contributed by atoms with Crippen LogP contribution in [0.25, 0.3) is 11.1 Å². The molecule has 1 unspecified atom stereocenters.